The summed E-state index contributed by atoms with van der Waals surface area (Å²) in [6, 6.07) is 15.3. The minimum absolute atomic E-state index is 0.139. The van der Waals surface area contributed by atoms with Crippen LogP contribution in [0.5, 0.6) is 0 Å². The van der Waals surface area contributed by atoms with E-state index in [4.69, 9.17) is 11.6 Å². The number of aromatic amines is 1. The number of aliphatic hydroxyl groups excluding tert-OH is 1. The summed E-state index contributed by atoms with van der Waals surface area (Å²) >= 11 is 5.99. The Balaban J connectivity index is 1.78. The molecule has 1 saturated heterocycles. The lowest BCUT2D eigenvalue weighted by Gasteiger charge is -2.39. The maximum absolute atomic E-state index is 12.8. The van der Waals surface area contributed by atoms with E-state index in [-0.39, 0.29) is 11.5 Å². The number of aliphatic hydroxyl groups is 1. The van der Waals surface area contributed by atoms with Gasteiger partial charge in [-0.15, -0.1) is 0 Å². The average Bonchev–Trinajstić information content (AvgIpc) is 2.62. The first-order chi connectivity index (χ1) is 12.5. The quantitative estimate of drug-likeness (QED) is 0.742. The van der Waals surface area contributed by atoms with Crippen molar-refractivity contribution in [1.29, 1.82) is 0 Å². The van der Waals surface area contributed by atoms with Crippen molar-refractivity contribution in [2.75, 3.05) is 20.1 Å². The number of likely N-dealkylation sites (tertiary alicyclic amines) is 1. The van der Waals surface area contributed by atoms with Crippen LogP contribution in [0.4, 0.5) is 0 Å². The van der Waals surface area contributed by atoms with E-state index >= 15 is 0 Å². The second-order valence-electron chi connectivity index (χ2n) is 7.11. The number of pyridine rings is 1. The molecule has 1 aliphatic heterocycles. The van der Waals surface area contributed by atoms with E-state index in [0.29, 0.717) is 17.0 Å². The van der Waals surface area contributed by atoms with Gasteiger partial charge in [-0.25, -0.2) is 0 Å². The number of aromatic nitrogens is 1. The van der Waals surface area contributed by atoms with Crippen LogP contribution >= 0.6 is 11.6 Å². The van der Waals surface area contributed by atoms with E-state index < -0.39 is 6.10 Å². The second-order valence-corrected chi connectivity index (χ2v) is 7.55. The van der Waals surface area contributed by atoms with Crippen molar-refractivity contribution in [3.63, 3.8) is 0 Å². The zero-order valence-electron chi connectivity index (χ0n) is 14.6. The molecule has 4 rings (SSSR count). The smallest absolute Gasteiger partial charge is 0.252 e. The number of halogens is 1. The van der Waals surface area contributed by atoms with Gasteiger partial charge < -0.3 is 15.0 Å². The molecule has 1 aromatic heterocycles. The maximum Gasteiger partial charge on any atom is 0.252 e. The number of hydrogen-bond acceptors (Lipinski definition) is 3. The molecule has 0 bridgehead atoms. The molecule has 5 heteroatoms. The third kappa shape index (κ3) is 3.16. The molecular weight excluding hydrogens is 348 g/mol. The lowest BCUT2D eigenvalue weighted by Crippen LogP contribution is -2.50. The Morgan fingerprint density at radius 3 is 2.46 bits per heavy atom. The summed E-state index contributed by atoms with van der Waals surface area (Å²) in [6.07, 6.45) is -0.132. The van der Waals surface area contributed by atoms with Crippen molar-refractivity contribution in [3.8, 4) is 11.3 Å². The Morgan fingerprint density at radius 1 is 1.15 bits per heavy atom. The first-order valence-electron chi connectivity index (χ1n) is 8.79. The van der Waals surface area contributed by atoms with Gasteiger partial charge in [0.05, 0.1) is 11.8 Å². The molecule has 1 fully saturated rings. The van der Waals surface area contributed by atoms with E-state index in [1.54, 1.807) is 0 Å². The summed E-state index contributed by atoms with van der Waals surface area (Å²) in [6.45, 7) is 1.75. The van der Waals surface area contributed by atoms with Gasteiger partial charge in [0.2, 0.25) is 0 Å². The van der Waals surface area contributed by atoms with Gasteiger partial charge in [-0.1, -0.05) is 48.0 Å². The van der Waals surface area contributed by atoms with E-state index in [9.17, 15) is 9.90 Å². The molecule has 3 aromatic rings. The lowest BCUT2D eigenvalue weighted by molar-refractivity contribution is 0.0108. The number of rotatable bonds is 4. The fourth-order valence-electron chi connectivity index (χ4n) is 3.76. The fourth-order valence-corrected chi connectivity index (χ4v) is 3.88. The van der Waals surface area contributed by atoms with Crippen LogP contribution in [0.15, 0.2) is 53.3 Å². The molecule has 2 aromatic carbocycles. The molecule has 0 saturated carbocycles. The summed E-state index contributed by atoms with van der Waals surface area (Å²) in [5.74, 6) is 0.231. The molecule has 1 unspecified atom stereocenters. The highest BCUT2D eigenvalue weighted by Crippen LogP contribution is 2.29. The molecule has 0 aliphatic carbocycles. The highest BCUT2D eigenvalue weighted by atomic mass is 35.5. The van der Waals surface area contributed by atoms with Crippen molar-refractivity contribution >= 4 is 22.4 Å². The third-order valence-corrected chi connectivity index (χ3v) is 5.47. The van der Waals surface area contributed by atoms with Gasteiger partial charge in [0.1, 0.15) is 0 Å². The summed E-state index contributed by atoms with van der Waals surface area (Å²) in [4.78, 5) is 18.0. The Hall–Kier alpha value is -2.14. The number of nitrogens with one attached hydrogen (secondary N) is 1. The Kier molecular flexibility index (Phi) is 4.57. The van der Waals surface area contributed by atoms with Crippen LogP contribution in [0.3, 0.4) is 0 Å². The van der Waals surface area contributed by atoms with Gasteiger partial charge >= 0.3 is 0 Å². The predicted molar refractivity (Wildman–Crippen MR) is 106 cm³/mol. The minimum atomic E-state index is -0.503. The van der Waals surface area contributed by atoms with Gasteiger partial charge in [-0.2, -0.15) is 0 Å². The van der Waals surface area contributed by atoms with Gasteiger partial charge in [-0.3, -0.25) is 4.79 Å². The first kappa shape index (κ1) is 17.3. The zero-order chi connectivity index (χ0) is 18.3. The predicted octanol–water partition coefficient (Wildman–Crippen LogP) is 3.31. The van der Waals surface area contributed by atoms with Crippen LogP contribution < -0.4 is 5.56 Å². The van der Waals surface area contributed by atoms with Crippen molar-refractivity contribution in [2.45, 2.75) is 12.5 Å². The molecule has 0 radical (unpaired) electrons. The summed E-state index contributed by atoms with van der Waals surface area (Å²) in [5, 5.41) is 13.1. The van der Waals surface area contributed by atoms with Gasteiger partial charge in [0.25, 0.3) is 5.56 Å². The van der Waals surface area contributed by atoms with Crippen LogP contribution in [0.1, 0.15) is 5.56 Å². The second kappa shape index (κ2) is 6.88. The normalized spacial score (nSPS) is 16.6. The number of fused-ring (bicyclic) bond motifs is 1. The first-order valence-corrected chi connectivity index (χ1v) is 9.17. The highest BCUT2D eigenvalue weighted by Gasteiger charge is 2.30. The Bertz CT molecular complexity index is 991. The lowest BCUT2D eigenvalue weighted by atomic mass is 9.89. The standard InChI is InChI=1S/C21H21ClN2O2/c1-24-11-14(12-24)19(25)10-18-16-4-2-3-5-17(16)20(23-21(18)26)13-6-8-15(22)9-7-13/h2-9,14,19,25H,10-12H2,1H3,(H,23,26). The molecule has 2 heterocycles. The molecular formula is C21H21ClN2O2. The SMILES string of the molecule is CN1CC(C(O)Cc2c(=O)[nH]c(-c3ccc(Cl)cc3)c3ccccc23)C1. The van der Waals surface area contributed by atoms with Crippen molar-refractivity contribution in [1.82, 2.24) is 9.88 Å². The molecule has 0 amide bonds. The highest BCUT2D eigenvalue weighted by molar-refractivity contribution is 6.30. The molecule has 134 valence electrons. The van der Waals surface area contributed by atoms with E-state index in [2.05, 4.69) is 9.88 Å². The monoisotopic (exact) mass is 368 g/mol. The van der Waals surface area contributed by atoms with Crippen LogP contribution in [0, 0.1) is 5.92 Å². The van der Waals surface area contributed by atoms with Crippen molar-refractivity contribution < 1.29 is 5.11 Å². The number of hydrogen-bond donors (Lipinski definition) is 2. The molecule has 4 nitrogen and oxygen atoms in total. The average molecular weight is 369 g/mol. The topological polar surface area (TPSA) is 56.3 Å². The fraction of sp³-hybridized carbons (Fsp3) is 0.286. The molecule has 0 spiro atoms. The molecule has 1 aliphatic rings. The maximum atomic E-state index is 12.8. The third-order valence-electron chi connectivity index (χ3n) is 5.22. The van der Waals surface area contributed by atoms with Crippen LogP contribution in [0.2, 0.25) is 5.02 Å². The van der Waals surface area contributed by atoms with Crippen LogP contribution in [0.25, 0.3) is 22.0 Å². The molecule has 2 N–H and O–H groups in total. The van der Waals surface area contributed by atoms with Crippen LogP contribution in [-0.4, -0.2) is 41.2 Å². The van der Waals surface area contributed by atoms with E-state index in [0.717, 1.165) is 35.1 Å². The number of nitrogens with zero attached hydrogens (tertiary/aromatic N) is 1. The van der Waals surface area contributed by atoms with Crippen LogP contribution in [-0.2, 0) is 6.42 Å². The zero-order valence-corrected chi connectivity index (χ0v) is 15.3. The van der Waals surface area contributed by atoms with Crippen molar-refractivity contribution in [3.05, 3.63) is 69.5 Å². The minimum Gasteiger partial charge on any atom is -0.392 e. The van der Waals surface area contributed by atoms with Gasteiger partial charge in [0, 0.05) is 41.4 Å². The van der Waals surface area contributed by atoms with E-state index in [1.165, 1.54) is 0 Å². The van der Waals surface area contributed by atoms with E-state index in [1.807, 2.05) is 55.6 Å². The summed E-state index contributed by atoms with van der Waals surface area (Å²) in [7, 11) is 2.03. The molecule has 26 heavy (non-hydrogen) atoms. The van der Waals surface area contributed by atoms with Crippen molar-refractivity contribution in [2.24, 2.45) is 5.92 Å². The Labute approximate surface area is 157 Å². The summed E-state index contributed by atoms with van der Waals surface area (Å²) < 4.78 is 0. The van der Waals surface area contributed by atoms with Gasteiger partial charge in [-0.05, 0) is 30.1 Å². The molecule has 1 atom stereocenters. The number of H-pyrrole nitrogens is 1. The summed E-state index contributed by atoms with van der Waals surface area (Å²) in [5.41, 5.74) is 2.21. The number of benzene rings is 2. The largest absolute Gasteiger partial charge is 0.392 e. The Morgan fingerprint density at radius 2 is 1.81 bits per heavy atom. The van der Waals surface area contributed by atoms with Gasteiger partial charge in [0.15, 0.2) is 0 Å².